The maximum absolute atomic E-state index is 4.40. The molecule has 0 aromatic rings. The Balaban J connectivity index is 4.01. The van der Waals surface area contributed by atoms with E-state index in [1.54, 1.807) is 0 Å². The van der Waals surface area contributed by atoms with Crippen LogP contribution in [-0.4, -0.2) is 10.00 Å². The second-order valence-corrected chi connectivity index (χ2v) is 4.14. The van der Waals surface area contributed by atoms with E-state index in [-0.39, 0.29) is 10.00 Å². The second-order valence-electron chi connectivity index (χ2n) is 2.40. The van der Waals surface area contributed by atoms with Crippen LogP contribution in [0.15, 0.2) is 12.2 Å². The molecule has 0 fully saturated rings. The van der Waals surface area contributed by atoms with Gasteiger partial charge in [-0.15, -0.1) is 0 Å². The maximum Gasteiger partial charge on any atom is 0.0393 e. The summed E-state index contributed by atoms with van der Waals surface area (Å²) in [5.41, 5.74) is 0. The Labute approximate surface area is 68.5 Å². The molecule has 2 unspecified atom stereocenters. The summed E-state index contributed by atoms with van der Waals surface area (Å²) in [5.74, 6) is 0. The Morgan fingerprint density at radius 3 is 2.11 bits per heavy atom. The van der Waals surface area contributed by atoms with Gasteiger partial charge in [-0.25, -0.2) is 0 Å². The summed E-state index contributed by atoms with van der Waals surface area (Å²) in [4.78, 5) is 0. The van der Waals surface area contributed by atoms with Crippen molar-refractivity contribution in [1.82, 2.24) is 0 Å². The molecule has 0 bridgehead atoms. The molecule has 0 aliphatic carbocycles. The first-order chi connectivity index (χ1) is 4.00. The Kier molecular flexibility index (Phi) is 3.74. The van der Waals surface area contributed by atoms with Gasteiger partial charge in [-0.05, 0) is 13.8 Å². The van der Waals surface area contributed by atoms with Gasteiger partial charge in [-0.1, -0.05) is 19.1 Å². The van der Waals surface area contributed by atoms with E-state index < -0.39 is 0 Å². The van der Waals surface area contributed by atoms with Crippen LogP contribution in [-0.2, 0) is 0 Å². The van der Waals surface area contributed by atoms with Gasteiger partial charge >= 0.3 is 0 Å². The number of hydrogen-bond acceptors (Lipinski definition) is 2. The predicted molar refractivity (Wildman–Crippen MR) is 50.7 cm³/mol. The van der Waals surface area contributed by atoms with Crippen molar-refractivity contribution in [3.05, 3.63) is 12.2 Å². The van der Waals surface area contributed by atoms with Gasteiger partial charge in [0.05, 0.1) is 0 Å². The Morgan fingerprint density at radius 2 is 2.00 bits per heavy atom. The van der Waals surface area contributed by atoms with Crippen molar-refractivity contribution in [2.24, 2.45) is 0 Å². The van der Waals surface area contributed by atoms with E-state index in [1.165, 1.54) is 0 Å². The summed E-state index contributed by atoms with van der Waals surface area (Å²) in [6.45, 7) is 6.08. The lowest BCUT2D eigenvalue weighted by molar-refractivity contribution is 0.784. The van der Waals surface area contributed by atoms with Crippen molar-refractivity contribution < 1.29 is 0 Å². The van der Waals surface area contributed by atoms with Gasteiger partial charge in [0.25, 0.3) is 0 Å². The molecular formula is C7H14S2. The van der Waals surface area contributed by atoms with Crippen LogP contribution in [0.1, 0.15) is 20.8 Å². The molecule has 0 saturated heterocycles. The van der Waals surface area contributed by atoms with Crippen molar-refractivity contribution >= 4 is 25.3 Å². The van der Waals surface area contributed by atoms with Gasteiger partial charge < -0.3 is 0 Å². The third-order valence-corrected chi connectivity index (χ3v) is 2.63. The molecule has 0 radical (unpaired) electrons. The fourth-order valence-corrected chi connectivity index (χ4v) is 0.712. The average molecular weight is 162 g/mol. The molecule has 0 aliphatic heterocycles. The zero-order valence-corrected chi connectivity index (χ0v) is 7.92. The van der Waals surface area contributed by atoms with Crippen molar-refractivity contribution in [3.63, 3.8) is 0 Å². The standard InChI is InChI=1S/C7H14S2/c1-4-5-7(3,9)6(2)8/h4-6,8-9H,1-3H3. The third kappa shape index (κ3) is 3.21. The molecule has 0 nitrogen and oxygen atoms in total. The van der Waals surface area contributed by atoms with Gasteiger partial charge in [0.15, 0.2) is 0 Å². The molecule has 0 amide bonds. The smallest absolute Gasteiger partial charge is 0.0393 e. The molecule has 2 heteroatoms. The minimum atomic E-state index is -0.0716. The molecule has 0 spiro atoms. The number of rotatable bonds is 2. The Bertz CT molecular complexity index is 103. The predicted octanol–water partition coefficient (Wildman–Crippen LogP) is 2.57. The van der Waals surface area contributed by atoms with Crippen LogP contribution < -0.4 is 0 Å². The van der Waals surface area contributed by atoms with Crippen LogP contribution in [0.5, 0.6) is 0 Å². The fraction of sp³-hybridized carbons (Fsp3) is 0.714. The lowest BCUT2D eigenvalue weighted by atomic mass is 10.1. The minimum Gasteiger partial charge on any atom is -0.174 e. The van der Waals surface area contributed by atoms with E-state index in [4.69, 9.17) is 0 Å². The summed E-state index contributed by atoms with van der Waals surface area (Å²) < 4.78 is -0.0716. The topological polar surface area (TPSA) is 0 Å². The van der Waals surface area contributed by atoms with Crippen LogP contribution in [0.2, 0.25) is 0 Å². The van der Waals surface area contributed by atoms with Crippen LogP contribution >= 0.6 is 25.3 Å². The van der Waals surface area contributed by atoms with Gasteiger partial charge in [0.2, 0.25) is 0 Å². The van der Waals surface area contributed by atoms with E-state index in [0.29, 0.717) is 0 Å². The molecule has 0 saturated carbocycles. The van der Waals surface area contributed by atoms with Crippen LogP contribution in [0, 0.1) is 0 Å². The number of hydrogen-bond donors (Lipinski definition) is 2. The SMILES string of the molecule is CC=CC(C)(S)C(C)S. The first-order valence-electron chi connectivity index (χ1n) is 3.05. The van der Waals surface area contributed by atoms with Gasteiger partial charge in [0, 0.05) is 10.00 Å². The normalized spacial score (nSPS) is 21.9. The summed E-state index contributed by atoms with van der Waals surface area (Å²) in [6.07, 6.45) is 4.05. The first-order valence-corrected chi connectivity index (χ1v) is 4.01. The number of allylic oxidation sites excluding steroid dienone is 1. The van der Waals surface area contributed by atoms with Crippen molar-refractivity contribution in [3.8, 4) is 0 Å². The zero-order valence-electron chi connectivity index (χ0n) is 6.13. The summed E-state index contributed by atoms with van der Waals surface area (Å²) in [5, 5.41) is 0.289. The van der Waals surface area contributed by atoms with Crippen LogP contribution in [0.4, 0.5) is 0 Å². The van der Waals surface area contributed by atoms with E-state index in [2.05, 4.69) is 25.3 Å². The van der Waals surface area contributed by atoms with Gasteiger partial charge in [0.1, 0.15) is 0 Å². The van der Waals surface area contributed by atoms with E-state index in [1.807, 2.05) is 32.9 Å². The van der Waals surface area contributed by atoms with Crippen molar-refractivity contribution in [1.29, 1.82) is 0 Å². The van der Waals surface area contributed by atoms with E-state index >= 15 is 0 Å². The molecule has 0 aromatic carbocycles. The Morgan fingerprint density at radius 1 is 1.56 bits per heavy atom. The van der Waals surface area contributed by atoms with E-state index in [0.717, 1.165) is 0 Å². The molecule has 54 valence electrons. The molecule has 2 atom stereocenters. The van der Waals surface area contributed by atoms with Crippen LogP contribution in [0.25, 0.3) is 0 Å². The molecule has 0 rings (SSSR count). The lowest BCUT2D eigenvalue weighted by Gasteiger charge is -2.22. The zero-order chi connectivity index (χ0) is 7.49. The maximum atomic E-state index is 4.40. The van der Waals surface area contributed by atoms with Crippen molar-refractivity contribution in [2.45, 2.75) is 30.8 Å². The largest absolute Gasteiger partial charge is 0.174 e. The Hall–Kier alpha value is 0.440. The van der Waals surface area contributed by atoms with E-state index in [9.17, 15) is 0 Å². The molecular weight excluding hydrogens is 148 g/mol. The summed E-state index contributed by atoms with van der Waals surface area (Å²) >= 11 is 8.68. The van der Waals surface area contributed by atoms with Crippen LogP contribution in [0.3, 0.4) is 0 Å². The highest BCUT2D eigenvalue weighted by molar-refractivity contribution is 7.86. The summed E-state index contributed by atoms with van der Waals surface area (Å²) in [6, 6.07) is 0. The monoisotopic (exact) mass is 162 g/mol. The molecule has 0 aromatic heterocycles. The fourth-order valence-electron chi connectivity index (χ4n) is 0.477. The molecule has 9 heavy (non-hydrogen) atoms. The van der Waals surface area contributed by atoms with Crippen molar-refractivity contribution in [2.75, 3.05) is 0 Å². The minimum absolute atomic E-state index is 0.0716. The highest BCUT2D eigenvalue weighted by Crippen LogP contribution is 2.23. The second kappa shape index (κ2) is 3.57. The first kappa shape index (κ1) is 9.44. The van der Waals surface area contributed by atoms with Gasteiger partial charge in [-0.3, -0.25) is 0 Å². The lowest BCUT2D eigenvalue weighted by Crippen LogP contribution is -2.23. The number of thiol groups is 2. The van der Waals surface area contributed by atoms with Gasteiger partial charge in [-0.2, -0.15) is 25.3 Å². The summed E-state index contributed by atoms with van der Waals surface area (Å²) in [7, 11) is 0. The highest BCUT2D eigenvalue weighted by Gasteiger charge is 2.19. The highest BCUT2D eigenvalue weighted by atomic mass is 32.1. The molecule has 0 N–H and O–H groups in total. The molecule has 0 heterocycles. The average Bonchev–Trinajstić information content (AvgIpc) is 1.65. The molecule has 0 aliphatic rings. The quantitative estimate of drug-likeness (QED) is 0.452. The third-order valence-electron chi connectivity index (χ3n) is 1.35.